The SMILES string of the molecule is C=CCCCCCC(NCCC)c1cc(C)ccc1C. The van der Waals surface area contributed by atoms with Gasteiger partial charge in [-0.2, -0.15) is 0 Å². The monoisotopic (exact) mass is 273 g/mol. The Hall–Kier alpha value is -1.08. The van der Waals surface area contributed by atoms with Gasteiger partial charge in [0.05, 0.1) is 0 Å². The zero-order chi connectivity index (χ0) is 14.8. The number of hydrogen-bond acceptors (Lipinski definition) is 1. The summed E-state index contributed by atoms with van der Waals surface area (Å²) in [6, 6.07) is 7.33. The smallest absolute Gasteiger partial charge is 0.0322 e. The summed E-state index contributed by atoms with van der Waals surface area (Å²) >= 11 is 0. The van der Waals surface area contributed by atoms with Crippen LogP contribution >= 0.6 is 0 Å². The topological polar surface area (TPSA) is 12.0 Å². The minimum atomic E-state index is 0.513. The van der Waals surface area contributed by atoms with Gasteiger partial charge >= 0.3 is 0 Å². The molecule has 112 valence electrons. The summed E-state index contributed by atoms with van der Waals surface area (Å²) in [7, 11) is 0. The first kappa shape index (κ1) is 17.0. The second kappa shape index (κ2) is 9.77. The van der Waals surface area contributed by atoms with Crippen molar-refractivity contribution < 1.29 is 0 Å². The normalized spacial score (nSPS) is 12.3. The van der Waals surface area contributed by atoms with Crippen molar-refractivity contribution in [2.45, 2.75) is 65.3 Å². The van der Waals surface area contributed by atoms with Gasteiger partial charge < -0.3 is 5.32 Å². The standard InChI is InChI=1S/C19H31N/c1-5-7-8-9-10-11-19(20-14-6-2)18-15-16(3)12-13-17(18)4/h5,12-13,15,19-20H,1,6-11,14H2,2-4H3. The number of unbranched alkanes of at least 4 members (excludes halogenated alkanes) is 3. The van der Waals surface area contributed by atoms with Crippen LogP contribution in [0.1, 0.15) is 68.2 Å². The molecule has 0 bridgehead atoms. The van der Waals surface area contributed by atoms with Gasteiger partial charge in [0.15, 0.2) is 0 Å². The van der Waals surface area contributed by atoms with Crippen LogP contribution in [0.2, 0.25) is 0 Å². The van der Waals surface area contributed by atoms with E-state index in [1.165, 1.54) is 48.8 Å². The van der Waals surface area contributed by atoms with E-state index in [-0.39, 0.29) is 0 Å². The lowest BCUT2D eigenvalue weighted by Crippen LogP contribution is -2.23. The molecule has 0 aromatic heterocycles. The van der Waals surface area contributed by atoms with Crippen molar-refractivity contribution in [2.75, 3.05) is 6.54 Å². The van der Waals surface area contributed by atoms with E-state index < -0.39 is 0 Å². The van der Waals surface area contributed by atoms with Gasteiger partial charge in [0.2, 0.25) is 0 Å². The number of hydrogen-bond donors (Lipinski definition) is 1. The Morgan fingerprint density at radius 2 is 2.00 bits per heavy atom. The maximum Gasteiger partial charge on any atom is 0.0322 e. The largest absolute Gasteiger partial charge is 0.310 e. The first-order chi connectivity index (χ1) is 9.69. The van der Waals surface area contributed by atoms with Crippen LogP contribution in [0.5, 0.6) is 0 Å². The maximum atomic E-state index is 3.79. The van der Waals surface area contributed by atoms with Gasteiger partial charge in [-0.3, -0.25) is 0 Å². The first-order valence-corrected chi connectivity index (χ1v) is 8.10. The second-order valence-electron chi connectivity index (χ2n) is 5.79. The highest BCUT2D eigenvalue weighted by Gasteiger charge is 2.12. The van der Waals surface area contributed by atoms with Gasteiger partial charge in [-0.1, -0.05) is 49.6 Å². The molecule has 0 saturated carbocycles. The molecule has 0 aliphatic carbocycles. The van der Waals surface area contributed by atoms with E-state index in [1.54, 1.807) is 0 Å². The van der Waals surface area contributed by atoms with Crippen LogP contribution in [0.3, 0.4) is 0 Å². The van der Waals surface area contributed by atoms with Crippen LogP contribution in [-0.4, -0.2) is 6.54 Å². The van der Waals surface area contributed by atoms with Gasteiger partial charge in [-0.05, 0) is 57.2 Å². The van der Waals surface area contributed by atoms with E-state index in [2.05, 4.69) is 50.9 Å². The van der Waals surface area contributed by atoms with Crippen molar-refractivity contribution in [1.29, 1.82) is 0 Å². The van der Waals surface area contributed by atoms with Crippen LogP contribution < -0.4 is 5.32 Å². The van der Waals surface area contributed by atoms with Gasteiger partial charge in [-0.15, -0.1) is 6.58 Å². The number of benzene rings is 1. The van der Waals surface area contributed by atoms with Crippen molar-refractivity contribution >= 4 is 0 Å². The molecule has 1 unspecified atom stereocenters. The predicted molar refractivity (Wildman–Crippen MR) is 90.2 cm³/mol. The molecule has 20 heavy (non-hydrogen) atoms. The Labute approximate surface area is 125 Å². The molecule has 0 spiro atoms. The third-order valence-electron chi connectivity index (χ3n) is 3.85. The van der Waals surface area contributed by atoms with E-state index in [1.807, 2.05) is 6.08 Å². The summed E-state index contributed by atoms with van der Waals surface area (Å²) in [5.41, 5.74) is 4.26. The third kappa shape index (κ3) is 5.92. The minimum Gasteiger partial charge on any atom is -0.310 e. The van der Waals surface area contributed by atoms with Crippen LogP contribution in [0.4, 0.5) is 0 Å². The molecule has 1 atom stereocenters. The second-order valence-corrected chi connectivity index (χ2v) is 5.79. The molecule has 1 nitrogen and oxygen atoms in total. The molecular formula is C19H31N. The molecule has 0 heterocycles. The maximum absolute atomic E-state index is 3.79. The van der Waals surface area contributed by atoms with Gasteiger partial charge in [0.1, 0.15) is 0 Å². The lowest BCUT2D eigenvalue weighted by molar-refractivity contribution is 0.470. The molecule has 1 N–H and O–H groups in total. The summed E-state index contributed by atoms with van der Waals surface area (Å²) in [5.74, 6) is 0. The van der Waals surface area contributed by atoms with Gasteiger partial charge in [0, 0.05) is 6.04 Å². The summed E-state index contributed by atoms with van der Waals surface area (Å²) in [5, 5.41) is 3.72. The van der Waals surface area contributed by atoms with E-state index in [4.69, 9.17) is 0 Å². The highest BCUT2D eigenvalue weighted by Crippen LogP contribution is 2.24. The highest BCUT2D eigenvalue weighted by molar-refractivity contribution is 5.33. The van der Waals surface area contributed by atoms with Crippen LogP contribution in [0, 0.1) is 13.8 Å². The van der Waals surface area contributed by atoms with E-state index in [0.717, 1.165) is 13.0 Å². The fraction of sp³-hybridized carbons (Fsp3) is 0.579. The molecule has 0 aliphatic rings. The molecule has 0 fully saturated rings. The van der Waals surface area contributed by atoms with E-state index in [0.29, 0.717) is 6.04 Å². The average molecular weight is 273 g/mol. The number of rotatable bonds is 10. The van der Waals surface area contributed by atoms with Crippen LogP contribution in [-0.2, 0) is 0 Å². The molecule has 0 radical (unpaired) electrons. The fourth-order valence-electron chi connectivity index (χ4n) is 2.64. The third-order valence-corrected chi connectivity index (χ3v) is 3.85. The van der Waals surface area contributed by atoms with Gasteiger partial charge in [-0.25, -0.2) is 0 Å². The molecule has 0 saturated heterocycles. The lowest BCUT2D eigenvalue weighted by atomic mass is 9.94. The van der Waals surface area contributed by atoms with Crippen molar-refractivity contribution in [3.05, 3.63) is 47.5 Å². The minimum absolute atomic E-state index is 0.513. The quantitative estimate of drug-likeness (QED) is 0.439. The summed E-state index contributed by atoms with van der Waals surface area (Å²) in [6.45, 7) is 11.5. The zero-order valence-electron chi connectivity index (χ0n) is 13.5. The average Bonchev–Trinajstić information content (AvgIpc) is 2.45. The summed E-state index contributed by atoms with van der Waals surface area (Å²) in [4.78, 5) is 0. The number of aryl methyl sites for hydroxylation is 2. The Kier molecular flexibility index (Phi) is 8.29. The van der Waals surface area contributed by atoms with Crippen LogP contribution in [0.25, 0.3) is 0 Å². The highest BCUT2D eigenvalue weighted by atomic mass is 14.9. The molecule has 0 aliphatic heterocycles. The van der Waals surface area contributed by atoms with Gasteiger partial charge in [0.25, 0.3) is 0 Å². The van der Waals surface area contributed by atoms with Crippen molar-refractivity contribution in [2.24, 2.45) is 0 Å². The number of nitrogens with one attached hydrogen (secondary N) is 1. The first-order valence-electron chi connectivity index (χ1n) is 8.10. The van der Waals surface area contributed by atoms with Crippen molar-refractivity contribution in [3.63, 3.8) is 0 Å². The Balaban J connectivity index is 2.62. The molecule has 1 heteroatoms. The molecular weight excluding hydrogens is 242 g/mol. The lowest BCUT2D eigenvalue weighted by Gasteiger charge is -2.21. The molecule has 1 aromatic carbocycles. The predicted octanol–water partition coefficient (Wildman–Crippen LogP) is 5.48. The van der Waals surface area contributed by atoms with Crippen molar-refractivity contribution in [3.8, 4) is 0 Å². The molecule has 1 aromatic rings. The fourth-order valence-corrected chi connectivity index (χ4v) is 2.64. The number of allylic oxidation sites excluding steroid dienone is 1. The Morgan fingerprint density at radius 1 is 1.20 bits per heavy atom. The Morgan fingerprint density at radius 3 is 2.70 bits per heavy atom. The summed E-state index contributed by atoms with van der Waals surface area (Å²) < 4.78 is 0. The van der Waals surface area contributed by atoms with Crippen LogP contribution in [0.15, 0.2) is 30.9 Å². The zero-order valence-corrected chi connectivity index (χ0v) is 13.5. The van der Waals surface area contributed by atoms with E-state index in [9.17, 15) is 0 Å². The van der Waals surface area contributed by atoms with Crippen molar-refractivity contribution in [1.82, 2.24) is 5.32 Å². The van der Waals surface area contributed by atoms with E-state index >= 15 is 0 Å². The summed E-state index contributed by atoms with van der Waals surface area (Å²) in [6.07, 6.45) is 9.48. The Bertz CT molecular complexity index is 395. The molecule has 0 amide bonds. The molecule has 1 rings (SSSR count).